The first-order valence-electron chi connectivity index (χ1n) is 10.8. The van der Waals surface area contributed by atoms with Gasteiger partial charge < -0.3 is 14.2 Å². The number of carbonyl (C=O) groups is 1. The molecule has 4 rings (SSSR count). The predicted molar refractivity (Wildman–Crippen MR) is 113 cm³/mol. The smallest absolute Gasteiger partial charge is 0.253 e. The summed E-state index contributed by atoms with van der Waals surface area (Å²) in [5.74, 6) is 0.920. The van der Waals surface area contributed by atoms with Gasteiger partial charge in [0, 0.05) is 68.4 Å². The Morgan fingerprint density at radius 3 is 2.71 bits per heavy atom. The summed E-state index contributed by atoms with van der Waals surface area (Å²) in [5.41, 5.74) is 4.90. The highest BCUT2D eigenvalue weighted by Crippen LogP contribution is 2.32. The number of benzene rings is 1. The van der Waals surface area contributed by atoms with Gasteiger partial charge in [-0.25, -0.2) is 0 Å². The van der Waals surface area contributed by atoms with E-state index in [-0.39, 0.29) is 5.91 Å². The van der Waals surface area contributed by atoms with Gasteiger partial charge in [-0.1, -0.05) is 13.8 Å². The van der Waals surface area contributed by atoms with Crippen LogP contribution in [-0.2, 0) is 24.2 Å². The maximum atomic E-state index is 13.1. The maximum absolute atomic E-state index is 13.1. The van der Waals surface area contributed by atoms with Crippen molar-refractivity contribution in [3.63, 3.8) is 0 Å². The highest BCUT2D eigenvalue weighted by atomic mass is 16.5. The molecule has 0 spiro atoms. The molecule has 2 aliphatic rings. The normalized spacial score (nSPS) is 18.6. The molecule has 152 valence electrons. The number of likely N-dealkylation sites (tertiary alicyclic amines) is 1. The molecule has 0 saturated carbocycles. The average Bonchev–Trinajstić information content (AvgIpc) is 3.04. The highest BCUT2D eigenvalue weighted by molar-refractivity contribution is 5.99. The molecule has 0 N–H and O–H groups in total. The molecule has 1 amide bonds. The third-order valence-corrected chi connectivity index (χ3v) is 6.62. The van der Waals surface area contributed by atoms with Gasteiger partial charge in [-0.3, -0.25) is 9.69 Å². The quantitative estimate of drug-likeness (QED) is 0.793. The molecule has 3 heterocycles. The zero-order valence-electron chi connectivity index (χ0n) is 17.5. The minimum absolute atomic E-state index is 0.190. The highest BCUT2D eigenvalue weighted by Gasteiger charge is 2.26. The molecule has 0 unspecified atom stereocenters. The van der Waals surface area contributed by atoms with Crippen molar-refractivity contribution in [1.82, 2.24) is 14.4 Å². The lowest BCUT2D eigenvalue weighted by molar-refractivity contribution is 0.0697. The van der Waals surface area contributed by atoms with E-state index in [1.807, 2.05) is 11.0 Å². The molecule has 2 aromatic rings. The van der Waals surface area contributed by atoms with Crippen LogP contribution in [0.2, 0.25) is 0 Å². The Labute approximate surface area is 168 Å². The van der Waals surface area contributed by atoms with Crippen molar-refractivity contribution in [1.29, 1.82) is 0 Å². The number of hydrogen-bond donors (Lipinski definition) is 0. The first-order chi connectivity index (χ1) is 13.6. The number of piperidine rings is 1. The second-order valence-electron chi connectivity index (χ2n) is 8.40. The van der Waals surface area contributed by atoms with Crippen LogP contribution in [0.25, 0.3) is 10.9 Å². The van der Waals surface area contributed by atoms with Gasteiger partial charge in [0.15, 0.2) is 0 Å². The summed E-state index contributed by atoms with van der Waals surface area (Å²) in [6.45, 7) is 11.0. The number of fused-ring (bicyclic) bond motifs is 3. The molecule has 1 aromatic carbocycles. The maximum Gasteiger partial charge on any atom is 0.253 e. The molecular weight excluding hydrogens is 350 g/mol. The van der Waals surface area contributed by atoms with Gasteiger partial charge in [-0.2, -0.15) is 0 Å². The Hall–Kier alpha value is -1.85. The molecule has 5 nitrogen and oxygen atoms in total. The van der Waals surface area contributed by atoms with Crippen LogP contribution >= 0.6 is 0 Å². The summed E-state index contributed by atoms with van der Waals surface area (Å²) in [4.78, 5) is 17.6. The summed E-state index contributed by atoms with van der Waals surface area (Å²) in [6, 6.07) is 6.32. The molecule has 0 radical (unpaired) electrons. The van der Waals surface area contributed by atoms with E-state index >= 15 is 0 Å². The molecule has 0 atom stereocenters. The summed E-state index contributed by atoms with van der Waals surface area (Å²) in [7, 11) is 1.76. The SMILES string of the molecule is CCN1CCc2c(c3cc(C(=O)N4CCC(C)CC4)ccc3n2CCOC)C1. The molecule has 28 heavy (non-hydrogen) atoms. The molecular formula is C23H33N3O2. The molecule has 1 aromatic heterocycles. The fourth-order valence-corrected chi connectivity index (χ4v) is 4.74. The molecule has 1 saturated heterocycles. The van der Waals surface area contributed by atoms with E-state index in [0.717, 1.165) is 70.0 Å². The summed E-state index contributed by atoms with van der Waals surface area (Å²) >= 11 is 0. The fraction of sp³-hybridized carbons (Fsp3) is 0.609. The topological polar surface area (TPSA) is 37.7 Å². The fourth-order valence-electron chi connectivity index (χ4n) is 4.74. The standard InChI is InChI=1S/C23H33N3O2/c1-4-24-10-9-22-20(16-24)19-15-18(5-6-21(19)26(22)13-14-28-3)23(27)25-11-7-17(2)8-12-25/h5-6,15,17H,4,7-14,16H2,1-3H3. The molecule has 2 aliphatic heterocycles. The Kier molecular flexibility index (Phi) is 5.74. The molecule has 0 bridgehead atoms. The van der Waals surface area contributed by atoms with Crippen molar-refractivity contribution in [2.24, 2.45) is 5.92 Å². The van der Waals surface area contributed by atoms with Crippen molar-refractivity contribution in [2.75, 3.05) is 39.9 Å². The van der Waals surface area contributed by atoms with Crippen LogP contribution in [-0.4, -0.2) is 60.2 Å². The summed E-state index contributed by atoms with van der Waals surface area (Å²) in [6.07, 6.45) is 3.29. The van der Waals surface area contributed by atoms with Crippen LogP contribution in [0.3, 0.4) is 0 Å². The summed E-state index contributed by atoms with van der Waals surface area (Å²) < 4.78 is 7.77. The van der Waals surface area contributed by atoms with Crippen molar-refractivity contribution in [3.05, 3.63) is 35.0 Å². The number of carbonyl (C=O) groups excluding carboxylic acids is 1. The largest absolute Gasteiger partial charge is 0.383 e. The Morgan fingerprint density at radius 2 is 2.00 bits per heavy atom. The molecule has 1 fully saturated rings. The molecule has 0 aliphatic carbocycles. The number of rotatable bonds is 5. The Bertz CT molecular complexity index is 849. The van der Waals surface area contributed by atoms with E-state index in [1.54, 1.807) is 7.11 Å². The van der Waals surface area contributed by atoms with Gasteiger partial charge in [0.1, 0.15) is 0 Å². The van der Waals surface area contributed by atoms with Crippen LogP contribution in [0.15, 0.2) is 18.2 Å². The van der Waals surface area contributed by atoms with E-state index in [0.29, 0.717) is 6.61 Å². The van der Waals surface area contributed by atoms with E-state index in [1.165, 1.54) is 22.2 Å². The first kappa shape index (κ1) is 19.5. The number of likely N-dealkylation sites (N-methyl/N-ethyl adjacent to an activating group) is 1. The van der Waals surface area contributed by atoms with E-state index in [4.69, 9.17) is 4.74 Å². The van der Waals surface area contributed by atoms with Crippen LogP contribution in [0.5, 0.6) is 0 Å². The van der Waals surface area contributed by atoms with Crippen LogP contribution in [0, 0.1) is 5.92 Å². The number of amides is 1. The van der Waals surface area contributed by atoms with Gasteiger partial charge in [0.2, 0.25) is 0 Å². The second kappa shape index (κ2) is 8.26. The number of methoxy groups -OCH3 is 1. The zero-order chi connectivity index (χ0) is 19.7. The number of ether oxygens (including phenoxy) is 1. The lowest BCUT2D eigenvalue weighted by Crippen LogP contribution is -2.37. The predicted octanol–water partition coefficient (Wildman–Crippen LogP) is 3.54. The number of hydrogen-bond acceptors (Lipinski definition) is 3. The summed E-state index contributed by atoms with van der Waals surface area (Å²) in [5, 5.41) is 1.25. The van der Waals surface area contributed by atoms with E-state index in [2.05, 4.69) is 35.4 Å². The van der Waals surface area contributed by atoms with Crippen molar-refractivity contribution < 1.29 is 9.53 Å². The minimum Gasteiger partial charge on any atom is -0.383 e. The number of aromatic nitrogens is 1. The van der Waals surface area contributed by atoms with Gasteiger partial charge in [-0.05, 0) is 49.1 Å². The first-order valence-corrected chi connectivity index (χ1v) is 10.8. The van der Waals surface area contributed by atoms with Crippen molar-refractivity contribution in [2.45, 2.75) is 46.2 Å². The van der Waals surface area contributed by atoms with E-state index < -0.39 is 0 Å². The monoisotopic (exact) mass is 383 g/mol. The van der Waals surface area contributed by atoms with Crippen LogP contribution in [0.1, 0.15) is 48.3 Å². The van der Waals surface area contributed by atoms with Crippen molar-refractivity contribution in [3.8, 4) is 0 Å². The molecule has 5 heteroatoms. The Morgan fingerprint density at radius 1 is 1.21 bits per heavy atom. The number of nitrogens with zero attached hydrogens (tertiary/aromatic N) is 3. The van der Waals surface area contributed by atoms with Crippen LogP contribution < -0.4 is 0 Å². The second-order valence-corrected chi connectivity index (χ2v) is 8.40. The van der Waals surface area contributed by atoms with Crippen LogP contribution in [0.4, 0.5) is 0 Å². The Balaban J connectivity index is 1.71. The third-order valence-electron chi connectivity index (χ3n) is 6.62. The lowest BCUT2D eigenvalue weighted by atomic mass is 9.98. The van der Waals surface area contributed by atoms with E-state index in [9.17, 15) is 4.79 Å². The lowest BCUT2D eigenvalue weighted by Gasteiger charge is -2.30. The average molecular weight is 384 g/mol. The van der Waals surface area contributed by atoms with Gasteiger partial charge >= 0.3 is 0 Å². The third kappa shape index (κ3) is 3.58. The van der Waals surface area contributed by atoms with Gasteiger partial charge in [0.05, 0.1) is 6.61 Å². The van der Waals surface area contributed by atoms with Gasteiger partial charge in [-0.15, -0.1) is 0 Å². The zero-order valence-corrected chi connectivity index (χ0v) is 17.5. The van der Waals surface area contributed by atoms with Gasteiger partial charge in [0.25, 0.3) is 5.91 Å². The minimum atomic E-state index is 0.190. The van der Waals surface area contributed by atoms with Crippen molar-refractivity contribution >= 4 is 16.8 Å².